The lowest BCUT2D eigenvalue weighted by molar-refractivity contribution is 0.101. The van der Waals surface area contributed by atoms with Gasteiger partial charge in [-0.15, -0.1) is 0 Å². The predicted molar refractivity (Wildman–Crippen MR) is 113 cm³/mol. The Balaban J connectivity index is 1.58. The van der Waals surface area contributed by atoms with E-state index in [0.717, 1.165) is 24.3 Å². The highest BCUT2D eigenvalue weighted by Gasteiger charge is 2.29. The number of fused-ring (bicyclic) bond motifs is 1. The van der Waals surface area contributed by atoms with Gasteiger partial charge in [-0.1, -0.05) is 6.07 Å². The molecule has 0 aromatic heterocycles. The molecule has 1 heterocycles. The van der Waals surface area contributed by atoms with Gasteiger partial charge in [0.15, 0.2) is 17.3 Å². The lowest BCUT2D eigenvalue weighted by Gasteiger charge is -2.08. The van der Waals surface area contributed by atoms with Crippen molar-refractivity contribution >= 4 is 22.0 Å². The first-order valence-electron chi connectivity index (χ1n) is 9.31. The van der Waals surface area contributed by atoms with Crippen LogP contribution in [0.3, 0.4) is 0 Å². The molecular weight excluding hydrogens is 439 g/mol. The van der Waals surface area contributed by atoms with Crippen LogP contribution < -0.4 is 18.4 Å². The molecule has 1 aliphatic rings. The third-order valence-corrected chi connectivity index (χ3v) is 5.92. The Morgan fingerprint density at radius 1 is 0.906 bits per heavy atom. The van der Waals surface area contributed by atoms with Crippen molar-refractivity contribution in [3.05, 3.63) is 83.4 Å². The fraction of sp³-hybridized carbons (Fsp3) is 0.0870. The average Bonchev–Trinajstić information content (AvgIpc) is 3.08. The number of methoxy groups -OCH3 is 2. The largest absolute Gasteiger partial charge is 0.493 e. The quantitative estimate of drug-likeness (QED) is 0.405. The first-order chi connectivity index (χ1) is 15.3. The van der Waals surface area contributed by atoms with Crippen molar-refractivity contribution in [2.24, 2.45) is 0 Å². The maximum Gasteiger partial charge on any atom is 0.339 e. The lowest BCUT2D eigenvalue weighted by atomic mass is 10.1. The van der Waals surface area contributed by atoms with Crippen molar-refractivity contribution < 1.29 is 36.0 Å². The van der Waals surface area contributed by atoms with Gasteiger partial charge in [0, 0.05) is 6.07 Å². The molecule has 7 nitrogen and oxygen atoms in total. The van der Waals surface area contributed by atoms with Gasteiger partial charge in [0.1, 0.15) is 22.2 Å². The summed E-state index contributed by atoms with van der Waals surface area (Å²) in [6.45, 7) is 0. The van der Waals surface area contributed by atoms with Crippen LogP contribution in [-0.4, -0.2) is 28.4 Å². The van der Waals surface area contributed by atoms with Gasteiger partial charge < -0.3 is 18.4 Å². The van der Waals surface area contributed by atoms with Crippen molar-refractivity contribution in [2.75, 3.05) is 14.2 Å². The smallest absolute Gasteiger partial charge is 0.339 e. The average molecular weight is 456 g/mol. The van der Waals surface area contributed by atoms with Crippen molar-refractivity contribution in [1.82, 2.24) is 0 Å². The van der Waals surface area contributed by atoms with Crippen molar-refractivity contribution in [2.45, 2.75) is 4.90 Å². The normalized spacial score (nSPS) is 14.1. The van der Waals surface area contributed by atoms with E-state index in [4.69, 9.17) is 18.4 Å². The van der Waals surface area contributed by atoms with Crippen LogP contribution in [0.1, 0.15) is 15.9 Å². The molecule has 0 saturated carbocycles. The summed E-state index contributed by atoms with van der Waals surface area (Å²) in [5.74, 6) is 0.282. The minimum Gasteiger partial charge on any atom is -0.493 e. The molecule has 0 unspecified atom stereocenters. The van der Waals surface area contributed by atoms with Crippen molar-refractivity contribution in [3.63, 3.8) is 0 Å². The van der Waals surface area contributed by atoms with E-state index >= 15 is 0 Å². The summed E-state index contributed by atoms with van der Waals surface area (Å²) >= 11 is 0. The van der Waals surface area contributed by atoms with Crippen LogP contribution in [0.15, 0.2) is 71.3 Å². The number of allylic oxidation sites excluding steroid dienone is 1. The van der Waals surface area contributed by atoms with Crippen LogP contribution in [0.2, 0.25) is 0 Å². The summed E-state index contributed by atoms with van der Waals surface area (Å²) in [5.41, 5.74) is 0.914. The van der Waals surface area contributed by atoms with Gasteiger partial charge in [0.05, 0.1) is 19.8 Å². The highest BCUT2D eigenvalue weighted by Crippen LogP contribution is 2.36. The molecule has 0 fully saturated rings. The first-order valence-corrected chi connectivity index (χ1v) is 10.7. The molecule has 0 aliphatic carbocycles. The Morgan fingerprint density at radius 2 is 1.62 bits per heavy atom. The van der Waals surface area contributed by atoms with Crippen molar-refractivity contribution in [3.8, 4) is 23.0 Å². The molecule has 0 spiro atoms. The number of hydrogen-bond acceptors (Lipinski definition) is 7. The molecule has 32 heavy (non-hydrogen) atoms. The maximum absolute atomic E-state index is 13.1. The number of carbonyl (C=O) groups is 1. The molecule has 0 bridgehead atoms. The Labute approximate surface area is 183 Å². The summed E-state index contributed by atoms with van der Waals surface area (Å²) in [7, 11) is -1.16. The zero-order chi connectivity index (χ0) is 22.9. The van der Waals surface area contributed by atoms with E-state index in [9.17, 15) is 17.6 Å². The fourth-order valence-corrected chi connectivity index (χ4v) is 4.01. The van der Waals surface area contributed by atoms with Crippen LogP contribution in [-0.2, 0) is 10.1 Å². The summed E-state index contributed by atoms with van der Waals surface area (Å²) < 4.78 is 59.1. The second-order valence-corrected chi connectivity index (χ2v) is 8.25. The summed E-state index contributed by atoms with van der Waals surface area (Å²) in [6, 6.07) is 13.4. The highest BCUT2D eigenvalue weighted by atomic mass is 32.2. The highest BCUT2D eigenvalue weighted by molar-refractivity contribution is 7.87. The molecule has 0 saturated heterocycles. The molecule has 3 aromatic rings. The van der Waals surface area contributed by atoms with Crippen LogP contribution in [0.4, 0.5) is 4.39 Å². The predicted octanol–water partition coefficient (Wildman–Crippen LogP) is 4.23. The van der Waals surface area contributed by atoms with Gasteiger partial charge >= 0.3 is 10.1 Å². The van der Waals surface area contributed by atoms with Gasteiger partial charge in [-0.3, -0.25) is 4.79 Å². The van der Waals surface area contributed by atoms with Crippen LogP contribution in [0, 0.1) is 5.82 Å². The topological polar surface area (TPSA) is 88.1 Å². The Morgan fingerprint density at radius 3 is 2.31 bits per heavy atom. The van der Waals surface area contributed by atoms with E-state index in [1.54, 1.807) is 24.3 Å². The van der Waals surface area contributed by atoms with E-state index < -0.39 is 15.9 Å². The van der Waals surface area contributed by atoms with Crippen LogP contribution in [0.5, 0.6) is 23.0 Å². The third kappa shape index (κ3) is 4.15. The van der Waals surface area contributed by atoms with E-state index in [0.29, 0.717) is 17.1 Å². The van der Waals surface area contributed by atoms with E-state index in [1.807, 2.05) is 0 Å². The van der Waals surface area contributed by atoms with Gasteiger partial charge in [0.2, 0.25) is 5.78 Å². The number of ketones is 1. The monoisotopic (exact) mass is 456 g/mol. The van der Waals surface area contributed by atoms with Gasteiger partial charge in [-0.05, 0) is 60.2 Å². The molecule has 1 aliphatic heterocycles. The second kappa shape index (κ2) is 8.35. The van der Waals surface area contributed by atoms with Crippen LogP contribution in [0.25, 0.3) is 6.08 Å². The molecule has 0 N–H and O–H groups in total. The van der Waals surface area contributed by atoms with Gasteiger partial charge in [0.25, 0.3) is 0 Å². The number of halogens is 1. The SMILES string of the molecule is COc1ccc(/C=C2\Oc3cc(OS(=O)(=O)c4ccc(F)cc4)ccc3C2=O)cc1OC. The molecular formula is C23H17FO7S. The van der Waals surface area contributed by atoms with Crippen LogP contribution >= 0.6 is 0 Å². The number of benzene rings is 3. The number of Topliss-reactive ketones (excluding diaryl/α,β-unsaturated/α-hetero) is 1. The number of carbonyl (C=O) groups excluding carboxylic acids is 1. The van der Waals surface area contributed by atoms with E-state index in [2.05, 4.69) is 0 Å². The molecule has 0 radical (unpaired) electrons. The minimum atomic E-state index is -4.18. The third-order valence-electron chi connectivity index (χ3n) is 4.66. The molecule has 9 heteroatoms. The lowest BCUT2D eigenvalue weighted by Crippen LogP contribution is -2.09. The Kier molecular flexibility index (Phi) is 5.58. The first kappa shape index (κ1) is 21.4. The molecule has 164 valence electrons. The van der Waals surface area contributed by atoms with Gasteiger partial charge in [-0.25, -0.2) is 4.39 Å². The number of rotatable bonds is 6. The maximum atomic E-state index is 13.1. The van der Waals surface area contributed by atoms with E-state index in [-0.39, 0.29) is 33.5 Å². The summed E-state index contributed by atoms with van der Waals surface area (Å²) in [4.78, 5) is 12.5. The zero-order valence-corrected chi connectivity index (χ0v) is 17.8. The van der Waals surface area contributed by atoms with Crippen molar-refractivity contribution in [1.29, 1.82) is 0 Å². The second-order valence-electron chi connectivity index (χ2n) is 6.70. The summed E-state index contributed by atoms with van der Waals surface area (Å²) in [6.07, 6.45) is 1.54. The Bertz CT molecular complexity index is 1330. The summed E-state index contributed by atoms with van der Waals surface area (Å²) in [5, 5.41) is 0. The van der Waals surface area contributed by atoms with E-state index in [1.165, 1.54) is 32.4 Å². The van der Waals surface area contributed by atoms with Gasteiger partial charge in [-0.2, -0.15) is 8.42 Å². The molecule has 0 atom stereocenters. The molecule has 0 amide bonds. The molecule has 4 rings (SSSR count). The fourth-order valence-electron chi connectivity index (χ4n) is 3.09. The minimum absolute atomic E-state index is 0.0479. The number of hydrogen-bond donors (Lipinski definition) is 0. The Hall–Kier alpha value is -3.85. The number of ether oxygens (including phenoxy) is 3. The molecule has 3 aromatic carbocycles. The zero-order valence-electron chi connectivity index (χ0n) is 17.0. The standard InChI is InChI=1S/C23H17FO7S/c1-28-19-10-3-14(11-21(19)29-2)12-22-23(25)18-9-6-16(13-20(18)30-22)31-32(26,27)17-7-4-15(24)5-8-17/h3-13H,1-2H3/b22-12-.